The van der Waals surface area contributed by atoms with Crippen LogP contribution in [-0.2, 0) is 4.79 Å². The topological polar surface area (TPSA) is 42.0 Å². The number of thioether (sulfide) groups is 1. The van der Waals surface area contributed by atoms with E-state index in [9.17, 15) is 4.79 Å². The van der Waals surface area contributed by atoms with E-state index in [1.807, 2.05) is 0 Å². The van der Waals surface area contributed by atoms with Crippen molar-refractivity contribution in [3.8, 4) is 0 Å². The molecule has 0 saturated carbocycles. The quantitative estimate of drug-likeness (QED) is 0.858. The van der Waals surface area contributed by atoms with Crippen LogP contribution in [0.1, 0.15) is 20.8 Å². The zero-order valence-electron chi connectivity index (χ0n) is 9.28. The molecule has 0 radical (unpaired) electrons. The van der Waals surface area contributed by atoms with Crippen molar-refractivity contribution in [2.75, 3.05) is 11.1 Å². The van der Waals surface area contributed by atoms with Gasteiger partial charge in [-0.15, -0.1) is 11.8 Å². The number of nitrogens with one attached hydrogen (secondary N) is 1. The molecule has 1 N–H and O–H groups in total. The van der Waals surface area contributed by atoms with E-state index in [-0.39, 0.29) is 10.7 Å². The Morgan fingerprint density at radius 2 is 2.00 bits per heavy atom. The third kappa shape index (κ3) is 5.42. The summed E-state index contributed by atoms with van der Waals surface area (Å²) in [7, 11) is 0. The highest BCUT2D eigenvalue weighted by atomic mass is 32.2. The first-order valence-corrected chi connectivity index (χ1v) is 5.80. The molecule has 0 spiro atoms. The van der Waals surface area contributed by atoms with Crippen molar-refractivity contribution in [3.05, 3.63) is 24.5 Å². The van der Waals surface area contributed by atoms with Gasteiger partial charge in [-0.25, -0.2) is 0 Å². The van der Waals surface area contributed by atoms with Gasteiger partial charge in [-0.05, 0) is 12.1 Å². The third-order valence-electron chi connectivity index (χ3n) is 1.60. The summed E-state index contributed by atoms with van der Waals surface area (Å²) in [5, 5.41) is 2.81. The van der Waals surface area contributed by atoms with Crippen LogP contribution < -0.4 is 5.32 Å². The Hall–Kier alpha value is -1.03. The maximum atomic E-state index is 11.5. The number of pyridine rings is 1. The number of amides is 1. The molecule has 1 rings (SSSR count). The maximum Gasteiger partial charge on any atom is 0.234 e. The number of rotatable bonds is 3. The molecule has 0 aliphatic carbocycles. The first kappa shape index (κ1) is 12.0. The molecule has 15 heavy (non-hydrogen) atoms. The number of aromatic nitrogens is 1. The third-order valence-corrected chi connectivity index (χ3v) is 2.87. The minimum absolute atomic E-state index is 0.0288. The molecule has 0 aliphatic heterocycles. The summed E-state index contributed by atoms with van der Waals surface area (Å²) in [6, 6.07) is 3.55. The zero-order chi connectivity index (χ0) is 11.3. The summed E-state index contributed by atoms with van der Waals surface area (Å²) in [4.78, 5) is 15.4. The van der Waals surface area contributed by atoms with E-state index in [2.05, 4.69) is 31.1 Å². The van der Waals surface area contributed by atoms with Crippen LogP contribution in [0.15, 0.2) is 24.5 Å². The summed E-state index contributed by atoms with van der Waals surface area (Å²) < 4.78 is 0.121. The summed E-state index contributed by atoms with van der Waals surface area (Å²) in [5.41, 5.74) is 0.796. The van der Waals surface area contributed by atoms with Crippen molar-refractivity contribution in [1.29, 1.82) is 0 Å². The van der Waals surface area contributed by atoms with E-state index < -0.39 is 0 Å². The monoisotopic (exact) mass is 224 g/mol. The molecule has 0 aliphatic rings. The lowest BCUT2D eigenvalue weighted by atomic mass is 10.3. The van der Waals surface area contributed by atoms with Crippen molar-refractivity contribution < 1.29 is 4.79 Å². The van der Waals surface area contributed by atoms with Gasteiger partial charge >= 0.3 is 0 Å². The molecule has 82 valence electrons. The minimum atomic E-state index is 0.0288. The van der Waals surface area contributed by atoms with E-state index in [0.29, 0.717) is 5.75 Å². The van der Waals surface area contributed by atoms with Crippen LogP contribution in [0.3, 0.4) is 0 Å². The highest BCUT2D eigenvalue weighted by Crippen LogP contribution is 2.22. The largest absolute Gasteiger partial charge is 0.325 e. The molecular formula is C11H16N2OS. The van der Waals surface area contributed by atoms with Gasteiger partial charge in [0.15, 0.2) is 0 Å². The van der Waals surface area contributed by atoms with Gasteiger partial charge in [-0.3, -0.25) is 9.78 Å². The van der Waals surface area contributed by atoms with E-state index >= 15 is 0 Å². The number of hydrogen-bond donors (Lipinski definition) is 1. The van der Waals surface area contributed by atoms with Gasteiger partial charge in [0.05, 0.1) is 5.75 Å². The first-order valence-electron chi connectivity index (χ1n) is 4.81. The standard InChI is InChI=1S/C11H16N2OS/c1-11(2,3)15-8-10(14)13-9-4-6-12-7-5-9/h4-7H,8H2,1-3H3,(H,12,13,14). The average Bonchev–Trinajstić information content (AvgIpc) is 2.15. The van der Waals surface area contributed by atoms with E-state index in [1.54, 1.807) is 36.3 Å². The smallest absolute Gasteiger partial charge is 0.234 e. The van der Waals surface area contributed by atoms with Gasteiger partial charge in [0.1, 0.15) is 0 Å². The molecule has 0 saturated heterocycles. The molecule has 0 aromatic carbocycles. The number of nitrogens with zero attached hydrogens (tertiary/aromatic N) is 1. The molecule has 0 fully saturated rings. The fraction of sp³-hybridized carbons (Fsp3) is 0.455. The molecule has 4 heteroatoms. The van der Waals surface area contributed by atoms with Crippen LogP contribution >= 0.6 is 11.8 Å². The van der Waals surface area contributed by atoms with E-state index in [1.165, 1.54) is 0 Å². The Morgan fingerprint density at radius 1 is 1.40 bits per heavy atom. The Morgan fingerprint density at radius 3 is 2.53 bits per heavy atom. The van der Waals surface area contributed by atoms with Gasteiger partial charge < -0.3 is 5.32 Å². The second-order valence-electron chi connectivity index (χ2n) is 4.19. The van der Waals surface area contributed by atoms with Crippen molar-refractivity contribution >= 4 is 23.4 Å². The predicted molar refractivity (Wildman–Crippen MR) is 65.1 cm³/mol. The predicted octanol–water partition coefficient (Wildman–Crippen LogP) is 2.55. The fourth-order valence-electron chi connectivity index (χ4n) is 0.914. The second-order valence-corrected chi connectivity index (χ2v) is 5.99. The van der Waals surface area contributed by atoms with Gasteiger partial charge in [0.2, 0.25) is 5.91 Å². The van der Waals surface area contributed by atoms with E-state index in [4.69, 9.17) is 0 Å². The molecule has 1 aromatic heterocycles. The normalized spacial score (nSPS) is 11.1. The number of carbonyl (C=O) groups is 1. The van der Waals surface area contributed by atoms with Crippen LogP contribution in [0.4, 0.5) is 5.69 Å². The van der Waals surface area contributed by atoms with Crippen LogP contribution in [0.25, 0.3) is 0 Å². The Balaban J connectivity index is 2.38. The highest BCUT2D eigenvalue weighted by molar-refractivity contribution is 8.01. The van der Waals surface area contributed by atoms with Crippen LogP contribution in [-0.4, -0.2) is 21.4 Å². The summed E-state index contributed by atoms with van der Waals surface area (Å²) in [6.45, 7) is 6.28. The van der Waals surface area contributed by atoms with Gasteiger partial charge in [-0.1, -0.05) is 20.8 Å². The lowest BCUT2D eigenvalue weighted by molar-refractivity contribution is -0.113. The molecule has 1 heterocycles. The minimum Gasteiger partial charge on any atom is -0.325 e. The molecule has 1 aromatic rings. The Labute approximate surface area is 94.7 Å². The molecule has 3 nitrogen and oxygen atoms in total. The van der Waals surface area contributed by atoms with Crippen LogP contribution in [0.5, 0.6) is 0 Å². The first-order chi connectivity index (χ1) is 6.97. The van der Waals surface area contributed by atoms with Crippen LogP contribution in [0.2, 0.25) is 0 Å². The fourth-order valence-corrected chi connectivity index (χ4v) is 1.55. The van der Waals surface area contributed by atoms with Crippen molar-refractivity contribution in [2.45, 2.75) is 25.5 Å². The number of hydrogen-bond acceptors (Lipinski definition) is 3. The molecular weight excluding hydrogens is 208 g/mol. The summed E-state index contributed by atoms with van der Waals surface area (Å²) in [6.07, 6.45) is 3.32. The zero-order valence-corrected chi connectivity index (χ0v) is 10.1. The summed E-state index contributed by atoms with van der Waals surface area (Å²) >= 11 is 1.63. The second kappa shape index (κ2) is 5.16. The lowest BCUT2D eigenvalue weighted by Gasteiger charge is -2.16. The van der Waals surface area contributed by atoms with Crippen molar-refractivity contribution in [3.63, 3.8) is 0 Å². The van der Waals surface area contributed by atoms with Crippen molar-refractivity contribution in [2.24, 2.45) is 0 Å². The summed E-state index contributed by atoms with van der Waals surface area (Å²) in [5.74, 6) is 0.507. The van der Waals surface area contributed by atoms with Gasteiger partial charge in [0.25, 0.3) is 0 Å². The van der Waals surface area contributed by atoms with Gasteiger partial charge in [-0.2, -0.15) is 0 Å². The number of anilines is 1. The molecule has 1 amide bonds. The Bertz CT molecular complexity index is 319. The number of carbonyl (C=O) groups excluding carboxylic acids is 1. The van der Waals surface area contributed by atoms with Crippen molar-refractivity contribution in [1.82, 2.24) is 4.98 Å². The molecule has 0 unspecified atom stereocenters. The van der Waals surface area contributed by atoms with Crippen LogP contribution in [0, 0.1) is 0 Å². The SMILES string of the molecule is CC(C)(C)SCC(=O)Nc1ccncc1. The molecule has 0 bridgehead atoms. The molecule has 0 atom stereocenters. The van der Waals surface area contributed by atoms with E-state index in [0.717, 1.165) is 5.69 Å². The maximum absolute atomic E-state index is 11.5. The van der Waals surface area contributed by atoms with Gasteiger partial charge in [0, 0.05) is 22.8 Å². The lowest BCUT2D eigenvalue weighted by Crippen LogP contribution is -2.18. The Kier molecular flexibility index (Phi) is 4.15. The average molecular weight is 224 g/mol. The highest BCUT2D eigenvalue weighted by Gasteiger charge is 2.13.